The Hall–Kier alpha value is -6.73. The Labute approximate surface area is 388 Å². The van der Waals surface area contributed by atoms with E-state index in [1.54, 1.807) is 40.8 Å². The first-order chi connectivity index (χ1) is 30.7. The van der Waals surface area contributed by atoms with Gasteiger partial charge in [0.25, 0.3) is 12.9 Å². The second-order valence-corrected chi connectivity index (χ2v) is 18.6. The summed E-state index contributed by atoms with van der Waals surface area (Å²) in [4.78, 5) is 74.2. The van der Waals surface area contributed by atoms with Crippen molar-refractivity contribution in [2.75, 3.05) is 41.7 Å². The number of carbonyl (C=O) groups excluding carboxylic acids is 6. The first-order valence-corrected chi connectivity index (χ1v) is 20.8. The van der Waals surface area contributed by atoms with Gasteiger partial charge in [0.15, 0.2) is 5.54 Å². The van der Waals surface area contributed by atoms with E-state index in [-0.39, 0.29) is 38.9 Å². The van der Waals surface area contributed by atoms with Crippen LogP contribution in [-0.4, -0.2) is 99.0 Å². The zero-order chi connectivity index (χ0) is 50.6. The molecule has 18 heteroatoms. The fraction of sp³-hybridized carbons (Fsp3) is 0.542. The number of methoxy groups -OCH3 is 4. The number of hydrogen-bond acceptors (Lipinski definition) is 15. The summed E-state index contributed by atoms with van der Waals surface area (Å²) in [5.41, 5.74) is 7.16. The highest BCUT2D eigenvalue weighted by molar-refractivity contribution is 5.84. The zero-order valence-electron chi connectivity index (χ0n) is 40.8. The predicted octanol–water partition coefficient (Wildman–Crippen LogP) is 7.66. The summed E-state index contributed by atoms with van der Waals surface area (Å²) >= 11 is 0. The highest BCUT2D eigenvalue weighted by atomic mass is 16.5. The number of aryl methyl sites for hydroxylation is 2. The van der Waals surface area contributed by atoms with Crippen molar-refractivity contribution >= 4 is 36.8 Å². The molecule has 0 aliphatic heterocycles. The van der Waals surface area contributed by atoms with Crippen LogP contribution in [0.2, 0.25) is 0 Å². The molecule has 0 bridgehead atoms. The predicted molar refractivity (Wildman–Crippen MR) is 245 cm³/mol. The van der Waals surface area contributed by atoms with Crippen molar-refractivity contribution in [2.24, 2.45) is 26.8 Å². The minimum Gasteiger partial charge on any atom is -0.469 e. The first-order valence-electron chi connectivity index (χ1n) is 20.8. The lowest BCUT2D eigenvalue weighted by Crippen LogP contribution is -2.48. The van der Waals surface area contributed by atoms with Gasteiger partial charge >= 0.3 is 23.9 Å². The van der Waals surface area contributed by atoms with E-state index in [2.05, 4.69) is 26.3 Å². The summed E-state index contributed by atoms with van der Waals surface area (Å²) in [5, 5.41) is 12.0. The third kappa shape index (κ3) is 16.7. The number of rotatable bonds is 21. The van der Waals surface area contributed by atoms with Gasteiger partial charge in [-0.15, -0.1) is 11.5 Å². The molecule has 0 saturated heterocycles. The van der Waals surface area contributed by atoms with Crippen LogP contribution < -0.4 is 0 Å². The lowest BCUT2D eigenvalue weighted by atomic mass is 9.68. The number of hydrogen-bond donors (Lipinski definition) is 0. The Morgan fingerprint density at radius 3 is 1.50 bits per heavy atom. The summed E-state index contributed by atoms with van der Waals surface area (Å²) < 4.78 is 30.9. The number of carbonyl (C=O) groups is 6. The molecule has 0 aliphatic carbocycles. The van der Waals surface area contributed by atoms with Crippen molar-refractivity contribution in [1.82, 2.24) is 15.0 Å². The quantitative estimate of drug-likeness (QED) is 0.0190. The molecule has 2 aromatic carbocycles. The van der Waals surface area contributed by atoms with Crippen LogP contribution in [0.1, 0.15) is 97.8 Å². The molecule has 4 unspecified atom stereocenters. The van der Waals surface area contributed by atoms with Crippen LogP contribution in [0.25, 0.3) is 21.7 Å². The van der Waals surface area contributed by atoms with Gasteiger partial charge in [-0.1, -0.05) is 91.5 Å². The summed E-state index contributed by atoms with van der Waals surface area (Å²) in [6, 6.07) is 15.7. The molecule has 0 fully saturated rings. The molecule has 0 radical (unpaired) electrons. The molecule has 360 valence electrons. The maximum absolute atomic E-state index is 13.0. The average Bonchev–Trinajstić information content (AvgIpc) is 3.78. The number of ether oxygens (including phenoxy) is 6. The number of terminal acetylenes is 1. The average molecular weight is 919 g/mol. The summed E-state index contributed by atoms with van der Waals surface area (Å²) in [7, 11) is 5.00. The number of esters is 4. The van der Waals surface area contributed by atoms with Crippen LogP contribution in [0.4, 0.5) is 0 Å². The van der Waals surface area contributed by atoms with Gasteiger partial charge in [0, 0.05) is 26.9 Å². The Balaban J connectivity index is 0.000000573. The lowest BCUT2D eigenvalue weighted by molar-refractivity contribution is -0.163. The van der Waals surface area contributed by atoms with Gasteiger partial charge in [0.05, 0.1) is 58.7 Å². The second kappa shape index (κ2) is 25.1. The monoisotopic (exact) mass is 918 g/mol. The normalized spacial score (nSPS) is 14.5. The van der Waals surface area contributed by atoms with E-state index in [9.17, 15) is 28.8 Å². The molecule has 66 heavy (non-hydrogen) atoms. The molecule has 3 aromatic rings. The smallest absolute Gasteiger partial charge is 0.333 e. The molecule has 4 atom stereocenters. The van der Waals surface area contributed by atoms with E-state index >= 15 is 0 Å². The number of nitrogens with zero attached hydrogens (tertiary/aromatic N) is 6. The third-order valence-electron chi connectivity index (χ3n) is 10.7. The highest BCUT2D eigenvalue weighted by Crippen LogP contribution is 2.44. The molecule has 1 aromatic heterocycles. The van der Waals surface area contributed by atoms with Gasteiger partial charge in [0.2, 0.25) is 0 Å². The molecule has 0 saturated carbocycles. The molecular weight excluding hydrogens is 853 g/mol. The lowest BCUT2D eigenvalue weighted by Gasteiger charge is -2.39. The van der Waals surface area contributed by atoms with Gasteiger partial charge in [-0.3, -0.25) is 24.0 Å². The minimum atomic E-state index is -1.58. The van der Waals surface area contributed by atoms with E-state index in [1.807, 2.05) is 76.2 Å². The topological polar surface area (TPSA) is 237 Å². The fourth-order valence-electron chi connectivity index (χ4n) is 8.10. The molecule has 18 nitrogen and oxygen atoms in total. The maximum atomic E-state index is 13.0. The fourth-order valence-corrected chi connectivity index (χ4v) is 8.10. The largest absolute Gasteiger partial charge is 0.469 e. The Morgan fingerprint density at radius 2 is 1.11 bits per heavy atom. The number of aromatic nitrogens is 3. The summed E-state index contributed by atoms with van der Waals surface area (Å²) in [6.45, 7) is 18.7. The third-order valence-corrected chi connectivity index (χ3v) is 10.7. The molecule has 0 aliphatic rings. The molecule has 0 amide bonds. The number of benzene rings is 2. The SMILES string of the molecule is C#Cc1ccc(C)cc1.COC(=O)C(C)(CC(C)(C)COC=O)CC(C)(C(=O)OC)n1cc(-c2ccc(C)cc2)nn1.COC(=O)C(C)(CC(C)(C)COC=O)CC(C)(N=[N+]=[N-])C(=O)OC. The van der Waals surface area contributed by atoms with Crippen molar-refractivity contribution < 1.29 is 57.2 Å². The Kier molecular flexibility index (Phi) is 21.8. The summed E-state index contributed by atoms with van der Waals surface area (Å²) in [5.74, 6) is 0.177. The molecular formula is C48H66N6O12. The second-order valence-electron chi connectivity index (χ2n) is 18.6. The van der Waals surface area contributed by atoms with Crippen molar-refractivity contribution in [1.29, 1.82) is 0 Å². The van der Waals surface area contributed by atoms with Crippen molar-refractivity contribution in [2.45, 2.75) is 106 Å². The first kappa shape index (κ1) is 57.3. The van der Waals surface area contributed by atoms with Gasteiger partial charge in [-0.25, -0.2) is 9.48 Å². The molecule has 0 spiro atoms. The van der Waals surface area contributed by atoms with Crippen LogP contribution >= 0.6 is 0 Å². The van der Waals surface area contributed by atoms with E-state index in [4.69, 9.17) is 40.4 Å². The van der Waals surface area contributed by atoms with E-state index in [1.165, 1.54) is 45.6 Å². The van der Waals surface area contributed by atoms with Crippen molar-refractivity contribution in [3.63, 3.8) is 0 Å². The van der Waals surface area contributed by atoms with E-state index in [0.717, 1.165) is 16.7 Å². The molecule has 3 rings (SSSR count). The van der Waals surface area contributed by atoms with Crippen LogP contribution in [0.3, 0.4) is 0 Å². The number of azide groups is 1. The highest BCUT2D eigenvalue weighted by Gasteiger charge is 2.51. The van der Waals surface area contributed by atoms with E-state index < -0.39 is 56.6 Å². The van der Waals surface area contributed by atoms with E-state index in [0.29, 0.717) is 18.6 Å². The molecule has 1 heterocycles. The Bertz CT molecular complexity index is 2190. The van der Waals surface area contributed by atoms with Crippen molar-refractivity contribution in [3.8, 4) is 23.6 Å². The van der Waals surface area contributed by atoms with Crippen LogP contribution in [0.5, 0.6) is 0 Å². The summed E-state index contributed by atoms with van der Waals surface area (Å²) in [6.07, 6.45) is 7.24. The Morgan fingerprint density at radius 1 is 0.682 bits per heavy atom. The van der Waals surface area contributed by atoms with Crippen LogP contribution in [-0.2, 0) is 62.7 Å². The van der Waals surface area contributed by atoms with Crippen molar-refractivity contribution in [3.05, 3.63) is 81.9 Å². The van der Waals surface area contributed by atoms with Gasteiger partial charge in [0.1, 0.15) is 11.2 Å². The van der Waals surface area contributed by atoms with Gasteiger partial charge in [-0.05, 0) is 84.9 Å². The maximum Gasteiger partial charge on any atom is 0.333 e. The van der Waals surface area contributed by atoms with Gasteiger partial charge in [-0.2, -0.15) is 0 Å². The minimum absolute atomic E-state index is 0.0283. The van der Waals surface area contributed by atoms with Crippen LogP contribution in [0, 0.1) is 47.9 Å². The molecule has 0 N–H and O–H groups in total. The standard InChI is InChI=1S/C24H33N3O6.C15H25N3O6.C9H8/c1-17-8-10-18(11-9-17)19-12-27(26-25-19)24(5,21(30)32-7)14-23(4,20(29)31-6)13-22(2,3)15-33-16-28;1-13(2,9-24-10-19)7-14(3,11(20)22-5)8-15(4,17-18-16)12(21)23-6;1-3-9-6-4-8(2)5-7-9/h8-12,16H,13-15H2,1-7H3;10H,7-9H2,1-6H3;1,4-7H,2H3. The van der Waals surface area contributed by atoms with Gasteiger partial charge < -0.3 is 28.4 Å². The zero-order valence-corrected chi connectivity index (χ0v) is 40.8. The van der Waals surface area contributed by atoms with Crippen LogP contribution in [0.15, 0.2) is 59.8 Å².